The molecule has 0 saturated heterocycles. The highest BCUT2D eigenvalue weighted by Gasteiger charge is 2.33. The Morgan fingerprint density at radius 2 is 1.70 bits per heavy atom. The first kappa shape index (κ1) is 28.0. The van der Waals surface area contributed by atoms with Gasteiger partial charge in [-0.25, -0.2) is 8.42 Å². The molecule has 0 saturated carbocycles. The highest BCUT2D eigenvalue weighted by atomic mass is 35.5. The molecule has 37 heavy (non-hydrogen) atoms. The van der Waals surface area contributed by atoms with E-state index in [4.69, 9.17) is 16.3 Å². The normalized spacial score (nSPS) is 11.9. The van der Waals surface area contributed by atoms with Crippen LogP contribution in [-0.2, 0) is 26.2 Å². The molecule has 0 aliphatic carbocycles. The molecule has 0 heterocycles. The van der Waals surface area contributed by atoms with E-state index in [-0.39, 0.29) is 28.1 Å². The van der Waals surface area contributed by atoms with Gasteiger partial charge >= 0.3 is 0 Å². The molecule has 0 aliphatic rings. The smallest absolute Gasteiger partial charge is 0.264 e. The fourth-order valence-electron chi connectivity index (χ4n) is 3.76. The molecule has 3 aromatic rings. The van der Waals surface area contributed by atoms with Crippen LogP contribution in [0.15, 0.2) is 77.7 Å². The van der Waals surface area contributed by atoms with Crippen molar-refractivity contribution >= 4 is 39.1 Å². The van der Waals surface area contributed by atoms with Crippen LogP contribution in [0.1, 0.15) is 18.1 Å². The van der Waals surface area contributed by atoms with Crippen molar-refractivity contribution in [1.29, 1.82) is 0 Å². The number of nitrogens with one attached hydrogen (secondary N) is 1. The molecule has 3 aromatic carbocycles. The first-order valence-electron chi connectivity index (χ1n) is 11.6. The molecule has 0 aliphatic heterocycles. The molecule has 1 atom stereocenters. The first-order valence-corrected chi connectivity index (χ1v) is 13.4. The topological polar surface area (TPSA) is 96.0 Å². The quantitative estimate of drug-likeness (QED) is 0.417. The molecule has 196 valence electrons. The van der Waals surface area contributed by atoms with E-state index in [9.17, 15) is 18.0 Å². The number of sulfonamides is 1. The minimum Gasteiger partial charge on any atom is -0.497 e. The zero-order valence-electron chi connectivity index (χ0n) is 21.1. The number of carbonyl (C=O) groups is 2. The summed E-state index contributed by atoms with van der Waals surface area (Å²) in [5.74, 6) is -0.367. The highest BCUT2D eigenvalue weighted by Crippen LogP contribution is 2.31. The second-order valence-electron chi connectivity index (χ2n) is 8.44. The number of aryl methyl sites for hydroxylation is 1. The molecule has 0 unspecified atom stereocenters. The molecule has 0 fully saturated rings. The lowest BCUT2D eigenvalue weighted by Gasteiger charge is -2.32. The van der Waals surface area contributed by atoms with Gasteiger partial charge in [0.1, 0.15) is 18.3 Å². The van der Waals surface area contributed by atoms with Crippen LogP contribution in [0.2, 0.25) is 5.02 Å². The summed E-state index contributed by atoms with van der Waals surface area (Å²) in [5, 5.41) is 2.72. The van der Waals surface area contributed by atoms with Gasteiger partial charge in [-0.05, 0) is 55.8 Å². The minimum atomic E-state index is -4.18. The predicted molar refractivity (Wildman–Crippen MR) is 144 cm³/mol. The molecule has 2 amide bonds. The number of para-hydroxylation sites is 1. The summed E-state index contributed by atoms with van der Waals surface area (Å²) >= 11 is 6.39. The van der Waals surface area contributed by atoms with Crippen LogP contribution >= 0.6 is 11.6 Å². The molecular formula is C27H30ClN3O5S. The summed E-state index contributed by atoms with van der Waals surface area (Å²) < 4.78 is 33.8. The lowest BCUT2D eigenvalue weighted by atomic mass is 10.1. The molecule has 0 radical (unpaired) electrons. The summed E-state index contributed by atoms with van der Waals surface area (Å²) in [7, 11) is -1.16. The number of methoxy groups -OCH3 is 1. The van der Waals surface area contributed by atoms with Gasteiger partial charge in [0.2, 0.25) is 11.8 Å². The van der Waals surface area contributed by atoms with Crippen LogP contribution in [0.3, 0.4) is 0 Å². The Morgan fingerprint density at radius 1 is 1.03 bits per heavy atom. The first-order chi connectivity index (χ1) is 17.6. The van der Waals surface area contributed by atoms with E-state index in [0.717, 1.165) is 9.87 Å². The third kappa shape index (κ3) is 6.61. The lowest BCUT2D eigenvalue weighted by molar-refractivity contribution is -0.139. The van der Waals surface area contributed by atoms with E-state index in [0.29, 0.717) is 11.3 Å². The number of halogens is 1. The summed E-state index contributed by atoms with van der Waals surface area (Å²) in [4.78, 5) is 27.7. The Bertz CT molecular complexity index is 1360. The van der Waals surface area contributed by atoms with E-state index in [1.54, 1.807) is 61.5 Å². The molecule has 1 N–H and O–H groups in total. The molecule has 3 rings (SSSR count). The lowest BCUT2D eigenvalue weighted by Crippen LogP contribution is -2.50. The van der Waals surface area contributed by atoms with E-state index in [1.807, 2.05) is 6.92 Å². The third-order valence-corrected chi connectivity index (χ3v) is 8.00. The Balaban J connectivity index is 2.04. The summed E-state index contributed by atoms with van der Waals surface area (Å²) in [6.45, 7) is 2.93. The van der Waals surface area contributed by atoms with Crippen molar-refractivity contribution in [3.63, 3.8) is 0 Å². The second-order valence-corrected chi connectivity index (χ2v) is 10.7. The van der Waals surface area contributed by atoms with Gasteiger partial charge in [0, 0.05) is 13.6 Å². The van der Waals surface area contributed by atoms with Crippen molar-refractivity contribution in [2.24, 2.45) is 0 Å². The average Bonchev–Trinajstić information content (AvgIpc) is 2.90. The van der Waals surface area contributed by atoms with Crippen LogP contribution in [0, 0.1) is 6.92 Å². The maximum atomic E-state index is 13.8. The number of carbonyl (C=O) groups excluding carboxylic acids is 2. The Hall–Kier alpha value is -3.56. The number of nitrogens with zero attached hydrogens (tertiary/aromatic N) is 2. The van der Waals surface area contributed by atoms with Gasteiger partial charge in [-0.2, -0.15) is 0 Å². The van der Waals surface area contributed by atoms with Crippen molar-refractivity contribution in [3.8, 4) is 5.75 Å². The van der Waals surface area contributed by atoms with E-state index in [1.165, 1.54) is 37.3 Å². The summed E-state index contributed by atoms with van der Waals surface area (Å²) in [6.07, 6.45) is 0. The van der Waals surface area contributed by atoms with Crippen molar-refractivity contribution in [3.05, 3.63) is 88.9 Å². The SMILES string of the molecule is CNC(=O)[C@H](C)N(Cc1cccc(OC)c1)C(=O)CN(c1ccccc1Cl)S(=O)(=O)c1ccc(C)cc1. The summed E-state index contributed by atoms with van der Waals surface area (Å²) in [6, 6.07) is 19.0. The Labute approximate surface area is 222 Å². The fourth-order valence-corrected chi connectivity index (χ4v) is 5.48. The van der Waals surface area contributed by atoms with Crippen molar-refractivity contribution in [1.82, 2.24) is 10.2 Å². The van der Waals surface area contributed by atoms with E-state index in [2.05, 4.69) is 5.32 Å². The number of benzene rings is 3. The van der Waals surface area contributed by atoms with Crippen molar-refractivity contribution in [2.45, 2.75) is 31.3 Å². The Morgan fingerprint density at radius 3 is 2.32 bits per heavy atom. The van der Waals surface area contributed by atoms with Crippen LogP contribution < -0.4 is 14.4 Å². The number of anilines is 1. The van der Waals surface area contributed by atoms with Gasteiger partial charge in [0.25, 0.3) is 10.0 Å². The highest BCUT2D eigenvalue weighted by molar-refractivity contribution is 7.92. The van der Waals surface area contributed by atoms with Crippen LogP contribution in [0.25, 0.3) is 0 Å². The largest absolute Gasteiger partial charge is 0.497 e. The van der Waals surface area contributed by atoms with Crippen LogP contribution in [-0.4, -0.2) is 51.9 Å². The number of likely N-dealkylation sites (N-methyl/N-ethyl adjacent to an activating group) is 1. The fraction of sp³-hybridized carbons (Fsp3) is 0.259. The zero-order chi connectivity index (χ0) is 27.2. The average molecular weight is 544 g/mol. The maximum absolute atomic E-state index is 13.8. The molecular weight excluding hydrogens is 514 g/mol. The number of hydrogen-bond acceptors (Lipinski definition) is 5. The summed E-state index contributed by atoms with van der Waals surface area (Å²) in [5.41, 5.74) is 1.77. The second kappa shape index (κ2) is 12.1. The third-order valence-electron chi connectivity index (χ3n) is 5.91. The van der Waals surface area contributed by atoms with Gasteiger partial charge in [-0.1, -0.05) is 53.6 Å². The van der Waals surface area contributed by atoms with Crippen molar-refractivity contribution in [2.75, 3.05) is 25.0 Å². The van der Waals surface area contributed by atoms with Gasteiger partial charge in [-0.15, -0.1) is 0 Å². The number of ether oxygens (including phenoxy) is 1. The molecule has 10 heteroatoms. The van der Waals surface area contributed by atoms with E-state index < -0.39 is 28.5 Å². The number of hydrogen-bond donors (Lipinski definition) is 1. The predicted octanol–water partition coefficient (Wildman–Crippen LogP) is 4.02. The molecule has 8 nitrogen and oxygen atoms in total. The van der Waals surface area contributed by atoms with Crippen LogP contribution in [0.4, 0.5) is 5.69 Å². The van der Waals surface area contributed by atoms with E-state index >= 15 is 0 Å². The Kier molecular flexibility index (Phi) is 9.18. The molecule has 0 aromatic heterocycles. The zero-order valence-corrected chi connectivity index (χ0v) is 22.7. The maximum Gasteiger partial charge on any atom is 0.264 e. The van der Waals surface area contributed by atoms with Gasteiger partial charge in [0.15, 0.2) is 0 Å². The van der Waals surface area contributed by atoms with Gasteiger partial charge in [0.05, 0.1) is 22.7 Å². The number of amides is 2. The van der Waals surface area contributed by atoms with Gasteiger partial charge < -0.3 is 15.0 Å². The minimum absolute atomic E-state index is 0.0181. The number of rotatable bonds is 10. The van der Waals surface area contributed by atoms with Crippen molar-refractivity contribution < 1.29 is 22.7 Å². The molecule has 0 spiro atoms. The van der Waals surface area contributed by atoms with Gasteiger partial charge in [-0.3, -0.25) is 13.9 Å². The van der Waals surface area contributed by atoms with Crippen LogP contribution in [0.5, 0.6) is 5.75 Å². The monoisotopic (exact) mass is 543 g/mol. The standard InChI is InChI=1S/C27H30ClN3O5S/c1-19-12-14-23(15-13-19)37(34,35)31(25-11-6-5-10-24(25)28)18-26(32)30(20(2)27(33)29-3)17-21-8-7-9-22(16-21)36-4/h5-16,20H,17-18H2,1-4H3,(H,29,33)/t20-/m0/s1. The molecule has 0 bridgehead atoms.